The molecule has 18 heavy (non-hydrogen) atoms. The van der Waals surface area contributed by atoms with Gasteiger partial charge in [-0.15, -0.1) is 0 Å². The van der Waals surface area contributed by atoms with Gasteiger partial charge in [0, 0.05) is 5.92 Å². The summed E-state index contributed by atoms with van der Waals surface area (Å²) in [5.74, 6) is 0.568. The van der Waals surface area contributed by atoms with Gasteiger partial charge in [-0.2, -0.15) is 0 Å². The molecule has 88 valence electrons. The van der Waals surface area contributed by atoms with E-state index in [-0.39, 0.29) is 0 Å². The van der Waals surface area contributed by atoms with Crippen LogP contribution in [-0.4, -0.2) is 0 Å². The second kappa shape index (κ2) is 3.35. The highest BCUT2D eigenvalue weighted by Crippen LogP contribution is 2.43. The SMILES string of the molecule is CC1=CC(C)c2cc3c(cc21)Cc1ccccc1-3. The van der Waals surface area contributed by atoms with Crippen molar-refractivity contribution in [3.8, 4) is 11.1 Å². The Morgan fingerprint density at radius 2 is 1.78 bits per heavy atom. The second-order valence-electron chi connectivity index (χ2n) is 5.57. The first-order valence-electron chi connectivity index (χ1n) is 6.68. The summed E-state index contributed by atoms with van der Waals surface area (Å²) in [4.78, 5) is 0. The van der Waals surface area contributed by atoms with Crippen LogP contribution in [0.3, 0.4) is 0 Å². The van der Waals surface area contributed by atoms with Crippen molar-refractivity contribution >= 4 is 5.57 Å². The van der Waals surface area contributed by atoms with Crippen molar-refractivity contribution in [2.24, 2.45) is 0 Å². The number of hydrogen-bond donors (Lipinski definition) is 0. The van der Waals surface area contributed by atoms with Gasteiger partial charge in [-0.1, -0.05) is 43.3 Å². The number of allylic oxidation sites excluding steroid dienone is 2. The van der Waals surface area contributed by atoms with Crippen LogP contribution >= 0.6 is 0 Å². The number of benzene rings is 2. The van der Waals surface area contributed by atoms with E-state index in [1.165, 1.54) is 39.0 Å². The van der Waals surface area contributed by atoms with Crippen molar-refractivity contribution in [1.29, 1.82) is 0 Å². The summed E-state index contributed by atoms with van der Waals surface area (Å²) in [6.45, 7) is 4.53. The summed E-state index contributed by atoms with van der Waals surface area (Å²) < 4.78 is 0. The second-order valence-corrected chi connectivity index (χ2v) is 5.57. The molecule has 0 fully saturated rings. The van der Waals surface area contributed by atoms with E-state index in [1.54, 1.807) is 0 Å². The first-order chi connectivity index (χ1) is 8.74. The van der Waals surface area contributed by atoms with E-state index in [2.05, 4.69) is 56.3 Å². The fourth-order valence-electron chi connectivity index (χ4n) is 3.47. The maximum atomic E-state index is 2.42. The van der Waals surface area contributed by atoms with Crippen molar-refractivity contribution in [2.75, 3.05) is 0 Å². The smallest absolute Gasteiger partial charge is 0.000174 e. The molecule has 2 aliphatic carbocycles. The fourth-order valence-corrected chi connectivity index (χ4v) is 3.47. The van der Waals surface area contributed by atoms with Crippen LogP contribution in [0.1, 0.15) is 42.0 Å². The van der Waals surface area contributed by atoms with Crippen molar-refractivity contribution in [1.82, 2.24) is 0 Å². The molecule has 0 nitrogen and oxygen atoms in total. The number of rotatable bonds is 0. The van der Waals surface area contributed by atoms with Crippen LogP contribution in [-0.2, 0) is 6.42 Å². The van der Waals surface area contributed by atoms with Crippen molar-refractivity contribution < 1.29 is 0 Å². The van der Waals surface area contributed by atoms with Crippen molar-refractivity contribution in [3.05, 3.63) is 64.7 Å². The Bertz CT molecular complexity index is 689. The Balaban J connectivity index is 1.98. The first kappa shape index (κ1) is 10.1. The minimum absolute atomic E-state index is 0.568. The Kier molecular flexibility index (Phi) is 1.89. The van der Waals surface area contributed by atoms with E-state index in [0.717, 1.165) is 6.42 Å². The van der Waals surface area contributed by atoms with Gasteiger partial charge in [0.05, 0.1) is 0 Å². The predicted molar refractivity (Wildman–Crippen MR) is 76.8 cm³/mol. The van der Waals surface area contributed by atoms with Crippen LogP contribution in [0, 0.1) is 0 Å². The quantitative estimate of drug-likeness (QED) is 0.523. The molecule has 0 saturated heterocycles. The van der Waals surface area contributed by atoms with Crippen LogP contribution in [0.15, 0.2) is 42.5 Å². The monoisotopic (exact) mass is 232 g/mol. The largest absolute Gasteiger partial charge is 0.0737 e. The molecule has 2 aliphatic rings. The van der Waals surface area contributed by atoms with E-state index in [0.29, 0.717) is 5.92 Å². The van der Waals surface area contributed by atoms with Crippen LogP contribution in [0.5, 0.6) is 0 Å². The molecule has 1 unspecified atom stereocenters. The van der Waals surface area contributed by atoms with Gasteiger partial charge in [0.2, 0.25) is 0 Å². The summed E-state index contributed by atoms with van der Waals surface area (Å²) in [7, 11) is 0. The predicted octanol–water partition coefficient (Wildman–Crippen LogP) is 4.78. The van der Waals surface area contributed by atoms with E-state index >= 15 is 0 Å². The molecular weight excluding hydrogens is 216 g/mol. The lowest BCUT2D eigenvalue weighted by molar-refractivity contribution is 0.989. The minimum atomic E-state index is 0.568. The Morgan fingerprint density at radius 1 is 0.944 bits per heavy atom. The summed E-state index contributed by atoms with van der Waals surface area (Å²) in [5, 5.41) is 0. The van der Waals surface area contributed by atoms with Crippen molar-refractivity contribution in [2.45, 2.75) is 26.2 Å². The van der Waals surface area contributed by atoms with Gasteiger partial charge in [-0.05, 0) is 58.4 Å². The average Bonchev–Trinajstić information content (AvgIpc) is 2.86. The van der Waals surface area contributed by atoms with Gasteiger partial charge < -0.3 is 0 Å². The molecule has 0 bridgehead atoms. The molecule has 1 atom stereocenters. The van der Waals surface area contributed by atoms with Gasteiger partial charge >= 0.3 is 0 Å². The highest BCUT2D eigenvalue weighted by molar-refractivity contribution is 5.83. The molecule has 2 aromatic rings. The normalized spacial score (nSPS) is 19.2. The van der Waals surface area contributed by atoms with Crippen molar-refractivity contribution in [3.63, 3.8) is 0 Å². The Hall–Kier alpha value is -1.82. The first-order valence-corrected chi connectivity index (χ1v) is 6.68. The molecule has 0 amide bonds. The molecule has 0 spiro atoms. The third kappa shape index (κ3) is 1.21. The Morgan fingerprint density at radius 3 is 2.67 bits per heavy atom. The van der Waals surface area contributed by atoms with Crippen LogP contribution in [0.25, 0.3) is 16.7 Å². The molecule has 0 saturated carbocycles. The van der Waals surface area contributed by atoms with Gasteiger partial charge in [0.15, 0.2) is 0 Å². The summed E-state index contributed by atoms with van der Waals surface area (Å²) in [5.41, 5.74) is 10.3. The Labute approximate surface area is 108 Å². The van der Waals surface area contributed by atoms with E-state index in [9.17, 15) is 0 Å². The average molecular weight is 232 g/mol. The maximum Gasteiger partial charge on any atom is 0.000174 e. The number of hydrogen-bond acceptors (Lipinski definition) is 0. The van der Waals surface area contributed by atoms with Crippen LogP contribution in [0.4, 0.5) is 0 Å². The molecule has 2 aromatic carbocycles. The molecule has 4 rings (SSSR count). The van der Waals surface area contributed by atoms with E-state index in [4.69, 9.17) is 0 Å². The molecule has 0 aromatic heterocycles. The highest BCUT2D eigenvalue weighted by Gasteiger charge is 2.24. The zero-order valence-corrected chi connectivity index (χ0v) is 10.8. The fraction of sp³-hybridized carbons (Fsp3) is 0.222. The van der Waals surface area contributed by atoms with Gasteiger partial charge in [-0.3, -0.25) is 0 Å². The molecule has 0 heterocycles. The summed E-state index contributed by atoms with van der Waals surface area (Å²) >= 11 is 0. The van der Waals surface area contributed by atoms with Crippen LogP contribution < -0.4 is 0 Å². The zero-order chi connectivity index (χ0) is 12.3. The number of fused-ring (bicyclic) bond motifs is 4. The lowest BCUT2D eigenvalue weighted by Crippen LogP contribution is -1.91. The minimum Gasteiger partial charge on any atom is -0.0737 e. The molecule has 0 heteroatoms. The maximum absolute atomic E-state index is 2.42. The third-order valence-electron chi connectivity index (χ3n) is 4.38. The van der Waals surface area contributed by atoms with E-state index < -0.39 is 0 Å². The lowest BCUT2D eigenvalue weighted by atomic mass is 9.95. The zero-order valence-electron chi connectivity index (χ0n) is 10.8. The standard InChI is InChI=1S/C18H16/c1-11-7-12(2)17-10-18-14(9-16(11)17)8-13-5-3-4-6-15(13)18/h3-7,9-10,12H,8H2,1-2H3. The topological polar surface area (TPSA) is 0 Å². The lowest BCUT2D eigenvalue weighted by Gasteiger charge is -2.09. The molecule has 0 N–H and O–H groups in total. The van der Waals surface area contributed by atoms with Gasteiger partial charge in [0.25, 0.3) is 0 Å². The summed E-state index contributed by atoms with van der Waals surface area (Å²) in [6.07, 6.45) is 3.48. The molecular formula is C18H16. The molecule has 0 aliphatic heterocycles. The van der Waals surface area contributed by atoms with Gasteiger partial charge in [0.1, 0.15) is 0 Å². The van der Waals surface area contributed by atoms with Gasteiger partial charge in [-0.25, -0.2) is 0 Å². The van der Waals surface area contributed by atoms with E-state index in [1.807, 2.05) is 0 Å². The highest BCUT2D eigenvalue weighted by atomic mass is 14.3. The summed E-state index contributed by atoms with van der Waals surface area (Å²) in [6, 6.07) is 13.6. The van der Waals surface area contributed by atoms with Crippen LogP contribution in [0.2, 0.25) is 0 Å². The molecule has 0 radical (unpaired) electrons. The third-order valence-corrected chi connectivity index (χ3v) is 4.38.